The van der Waals surface area contributed by atoms with Crippen molar-refractivity contribution in [2.24, 2.45) is 0 Å². The lowest BCUT2D eigenvalue weighted by Gasteiger charge is -2.43. The monoisotopic (exact) mass is 383 g/mol. The van der Waals surface area contributed by atoms with Crippen molar-refractivity contribution in [1.29, 1.82) is 0 Å². The largest absolute Gasteiger partial charge is 0.495 e. The third kappa shape index (κ3) is 4.19. The Morgan fingerprint density at radius 1 is 1.23 bits per heavy atom. The van der Waals surface area contributed by atoms with Crippen LogP contribution in [0.15, 0.2) is 23.1 Å². The normalized spacial score (nSPS) is 21.9. The van der Waals surface area contributed by atoms with E-state index < -0.39 is 10.0 Å². The fourth-order valence-electron chi connectivity index (χ4n) is 3.15. The van der Waals surface area contributed by atoms with E-state index in [0.717, 1.165) is 6.54 Å². The van der Waals surface area contributed by atoms with Gasteiger partial charge in [-0.15, -0.1) is 0 Å². The zero-order valence-electron chi connectivity index (χ0n) is 16.3. The number of benzene rings is 1. The molecule has 1 aromatic rings. The maximum Gasteiger partial charge on any atom is 0.254 e. The van der Waals surface area contributed by atoms with Gasteiger partial charge in [0.15, 0.2) is 0 Å². The number of amides is 1. The molecule has 1 heterocycles. The van der Waals surface area contributed by atoms with Crippen LogP contribution in [0.5, 0.6) is 5.75 Å². The molecular formula is C18H29N3O4S. The van der Waals surface area contributed by atoms with Crippen molar-refractivity contribution in [3.05, 3.63) is 23.8 Å². The molecule has 1 aromatic carbocycles. The van der Waals surface area contributed by atoms with Crippen molar-refractivity contribution in [2.75, 3.05) is 27.2 Å². The number of piperazine rings is 1. The summed E-state index contributed by atoms with van der Waals surface area (Å²) in [4.78, 5) is 17.0. The summed E-state index contributed by atoms with van der Waals surface area (Å²) in [5.41, 5.74) is 0.346. The Hall–Kier alpha value is -1.64. The number of carbonyl (C=O) groups excluding carboxylic acids is 1. The molecule has 1 aliphatic heterocycles. The minimum atomic E-state index is -3.78. The fourth-order valence-corrected chi connectivity index (χ4v) is 4.59. The van der Waals surface area contributed by atoms with E-state index in [9.17, 15) is 13.2 Å². The van der Waals surface area contributed by atoms with Crippen LogP contribution in [0.4, 0.5) is 0 Å². The molecule has 0 aromatic heterocycles. The number of ether oxygens (including phenoxy) is 1. The summed E-state index contributed by atoms with van der Waals surface area (Å²) in [6, 6.07) is 4.57. The van der Waals surface area contributed by atoms with Gasteiger partial charge in [0.05, 0.1) is 7.11 Å². The highest BCUT2D eigenvalue weighted by atomic mass is 32.2. The molecule has 0 radical (unpaired) electrons. The van der Waals surface area contributed by atoms with Crippen LogP contribution in [0.2, 0.25) is 0 Å². The standard InChI is InChI=1S/C18H29N3O4S/c1-12(2)19-26(23,24)17-11-15(7-8-16(17)25-6)18(22)21-10-9-20(5)13(3)14(21)4/h7-8,11-14,19H,9-10H2,1-6H3/t13-,14-/m0/s1. The highest BCUT2D eigenvalue weighted by molar-refractivity contribution is 7.89. The molecule has 146 valence electrons. The molecule has 1 fully saturated rings. The smallest absolute Gasteiger partial charge is 0.254 e. The van der Waals surface area contributed by atoms with E-state index in [2.05, 4.69) is 16.5 Å². The van der Waals surface area contributed by atoms with Gasteiger partial charge in [-0.2, -0.15) is 0 Å². The Morgan fingerprint density at radius 3 is 2.46 bits per heavy atom. The molecule has 2 rings (SSSR count). The number of hydrogen-bond acceptors (Lipinski definition) is 5. The Balaban J connectivity index is 2.39. The Labute approximate surface area is 156 Å². The van der Waals surface area contributed by atoms with Crippen molar-refractivity contribution >= 4 is 15.9 Å². The molecule has 1 aliphatic rings. The summed E-state index contributed by atoms with van der Waals surface area (Å²) in [5, 5.41) is 0. The quantitative estimate of drug-likeness (QED) is 0.835. The van der Waals surface area contributed by atoms with Crippen molar-refractivity contribution in [2.45, 2.75) is 50.7 Å². The third-order valence-electron chi connectivity index (χ3n) is 4.93. The number of sulfonamides is 1. The number of carbonyl (C=O) groups is 1. The van der Waals surface area contributed by atoms with E-state index in [1.807, 2.05) is 14.0 Å². The zero-order valence-corrected chi connectivity index (χ0v) is 17.1. The number of likely N-dealkylation sites (N-methyl/N-ethyl adjacent to an activating group) is 1. The maximum absolute atomic E-state index is 13.0. The number of methoxy groups -OCH3 is 1. The van der Waals surface area contributed by atoms with Crippen LogP contribution in [0.25, 0.3) is 0 Å². The summed E-state index contributed by atoms with van der Waals surface area (Å²) in [6.07, 6.45) is 0. The zero-order chi connectivity index (χ0) is 19.6. The van der Waals surface area contributed by atoms with Gasteiger partial charge in [-0.3, -0.25) is 9.69 Å². The van der Waals surface area contributed by atoms with E-state index in [4.69, 9.17) is 4.74 Å². The summed E-state index contributed by atoms with van der Waals surface area (Å²) in [6.45, 7) is 8.98. The Bertz CT molecular complexity index is 764. The van der Waals surface area contributed by atoms with Crippen LogP contribution >= 0.6 is 0 Å². The first-order chi connectivity index (χ1) is 12.1. The summed E-state index contributed by atoms with van der Waals surface area (Å²) < 4.78 is 33.0. The predicted octanol–water partition coefficient (Wildman–Crippen LogP) is 1.55. The average molecular weight is 384 g/mol. The van der Waals surface area contributed by atoms with Crippen LogP contribution < -0.4 is 9.46 Å². The summed E-state index contributed by atoms with van der Waals surface area (Å²) >= 11 is 0. The lowest BCUT2D eigenvalue weighted by molar-refractivity contribution is 0.0363. The summed E-state index contributed by atoms with van der Waals surface area (Å²) in [7, 11) is -0.324. The molecule has 1 saturated heterocycles. The molecule has 0 saturated carbocycles. The van der Waals surface area contributed by atoms with Gasteiger partial charge in [-0.25, -0.2) is 13.1 Å². The predicted molar refractivity (Wildman–Crippen MR) is 101 cm³/mol. The van der Waals surface area contributed by atoms with Gasteiger partial charge >= 0.3 is 0 Å². The van der Waals surface area contributed by atoms with Gasteiger partial charge < -0.3 is 9.64 Å². The molecule has 0 bridgehead atoms. The Kier molecular flexibility index (Phi) is 6.31. The van der Waals surface area contributed by atoms with E-state index in [1.165, 1.54) is 19.2 Å². The van der Waals surface area contributed by atoms with Gasteiger partial charge in [0.25, 0.3) is 5.91 Å². The first-order valence-electron chi connectivity index (χ1n) is 8.80. The van der Waals surface area contributed by atoms with Gasteiger partial charge in [0, 0.05) is 36.8 Å². The lowest BCUT2D eigenvalue weighted by Crippen LogP contribution is -2.57. The van der Waals surface area contributed by atoms with Gasteiger partial charge in [-0.1, -0.05) is 0 Å². The van der Waals surface area contributed by atoms with E-state index in [0.29, 0.717) is 12.1 Å². The van der Waals surface area contributed by atoms with Crippen molar-refractivity contribution in [3.8, 4) is 5.75 Å². The van der Waals surface area contributed by atoms with E-state index in [1.54, 1.807) is 24.8 Å². The van der Waals surface area contributed by atoms with Crippen molar-refractivity contribution in [3.63, 3.8) is 0 Å². The molecule has 26 heavy (non-hydrogen) atoms. The van der Waals surface area contributed by atoms with E-state index >= 15 is 0 Å². The highest BCUT2D eigenvalue weighted by Crippen LogP contribution is 2.27. The highest BCUT2D eigenvalue weighted by Gasteiger charge is 2.32. The first-order valence-corrected chi connectivity index (χ1v) is 10.3. The maximum atomic E-state index is 13.0. The van der Waals surface area contributed by atoms with Gasteiger partial charge in [-0.05, 0) is 52.9 Å². The second-order valence-electron chi connectivity index (χ2n) is 7.10. The van der Waals surface area contributed by atoms with E-state index in [-0.39, 0.29) is 34.7 Å². The number of nitrogens with zero attached hydrogens (tertiary/aromatic N) is 2. The van der Waals surface area contributed by atoms with Gasteiger partial charge in [0.1, 0.15) is 10.6 Å². The molecule has 0 aliphatic carbocycles. The van der Waals surface area contributed by atoms with Crippen LogP contribution in [0.3, 0.4) is 0 Å². The molecule has 1 N–H and O–H groups in total. The number of rotatable bonds is 5. The SMILES string of the molecule is COc1ccc(C(=O)N2CCN(C)[C@@H](C)[C@@H]2C)cc1S(=O)(=O)NC(C)C. The molecule has 2 atom stereocenters. The topological polar surface area (TPSA) is 79.0 Å². The van der Waals surface area contributed by atoms with Crippen molar-refractivity contribution in [1.82, 2.24) is 14.5 Å². The fraction of sp³-hybridized carbons (Fsp3) is 0.611. The first kappa shape index (κ1) is 20.7. The van der Waals surface area contributed by atoms with Crippen LogP contribution in [0.1, 0.15) is 38.1 Å². The Morgan fingerprint density at radius 2 is 1.88 bits per heavy atom. The minimum Gasteiger partial charge on any atom is -0.495 e. The molecule has 0 unspecified atom stereocenters. The van der Waals surface area contributed by atoms with Crippen LogP contribution in [-0.4, -0.2) is 69.5 Å². The van der Waals surface area contributed by atoms with Crippen molar-refractivity contribution < 1.29 is 17.9 Å². The second kappa shape index (κ2) is 7.94. The summed E-state index contributed by atoms with van der Waals surface area (Å²) in [5.74, 6) is 0.0515. The number of hydrogen-bond donors (Lipinski definition) is 1. The molecular weight excluding hydrogens is 354 g/mol. The average Bonchev–Trinajstić information content (AvgIpc) is 2.57. The van der Waals surface area contributed by atoms with Gasteiger partial charge in [0.2, 0.25) is 10.0 Å². The minimum absolute atomic E-state index is 0.0191. The molecule has 7 nitrogen and oxygen atoms in total. The lowest BCUT2D eigenvalue weighted by atomic mass is 10.0. The molecule has 0 spiro atoms. The third-order valence-corrected chi connectivity index (χ3v) is 6.61. The van der Waals surface area contributed by atoms with Crippen LogP contribution in [0, 0.1) is 0 Å². The van der Waals surface area contributed by atoms with Crippen LogP contribution in [-0.2, 0) is 10.0 Å². The second-order valence-corrected chi connectivity index (χ2v) is 8.78. The number of nitrogens with one attached hydrogen (secondary N) is 1. The molecule has 8 heteroatoms. The molecule has 1 amide bonds.